The summed E-state index contributed by atoms with van der Waals surface area (Å²) in [5.41, 5.74) is 1.98. The van der Waals surface area contributed by atoms with Gasteiger partial charge in [-0.25, -0.2) is 4.98 Å². The Morgan fingerprint density at radius 2 is 1.89 bits per heavy atom. The number of amides is 1. The van der Waals surface area contributed by atoms with Crippen molar-refractivity contribution in [2.45, 2.75) is 12.9 Å². The number of alkyl halides is 3. The molecule has 0 spiro atoms. The number of likely N-dealkylation sites (N-methyl/N-ethyl adjacent to an activating group) is 1. The van der Waals surface area contributed by atoms with Gasteiger partial charge in [-0.1, -0.05) is 24.3 Å². The van der Waals surface area contributed by atoms with Crippen LogP contribution >= 0.6 is 0 Å². The zero-order valence-electron chi connectivity index (χ0n) is 14.2. The normalized spacial score (nSPS) is 11.9. The maximum Gasteiger partial charge on any atom is 0.573 e. The Balaban J connectivity index is 1.60. The fourth-order valence-corrected chi connectivity index (χ4v) is 2.38. The number of rotatable bonds is 5. The van der Waals surface area contributed by atoms with E-state index < -0.39 is 6.36 Å². The van der Waals surface area contributed by atoms with E-state index in [1.165, 1.54) is 41.3 Å². The molecule has 0 aliphatic carbocycles. The van der Waals surface area contributed by atoms with Crippen molar-refractivity contribution < 1.29 is 27.1 Å². The predicted octanol–water partition coefficient (Wildman–Crippen LogP) is 4.40. The van der Waals surface area contributed by atoms with E-state index >= 15 is 0 Å². The van der Waals surface area contributed by atoms with E-state index in [-0.39, 0.29) is 18.2 Å². The summed E-state index contributed by atoms with van der Waals surface area (Å²) in [6.45, 7) is 0.225. The monoisotopic (exact) mass is 376 g/mol. The van der Waals surface area contributed by atoms with E-state index in [1.54, 1.807) is 19.2 Å². The summed E-state index contributed by atoms with van der Waals surface area (Å²) >= 11 is 0. The van der Waals surface area contributed by atoms with Gasteiger partial charge in [0.1, 0.15) is 11.3 Å². The highest BCUT2D eigenvalue weighted by Crippen LogP contribution is 2.23. The van der Waals surface area contributed by atoms with Crippen molar-refractivity contribution >= 4 is 23.1 Å². The van der Waals surface area contributed by atoms with Crippen LogP contribution < -0.4 is 4.74 Å². The minimum atomic E-state index is -4.73. The number of benzene rings is 2. The summed E-state index contributed by atoms with van der Waals surface area (Å²) in [7, 11) is 1.58. The molecule has 27 heavy (non-hydrogen) atoms. The first-order valence-corrected chi connectivity index (χ1v) is 7.93. The number of fused-ring (bicyclic) bond motifs is 1. The summed E-state index contributed by atoms with van der Waals surface area (Å²) in [4.78, 5) is 17.8. The summed E-state index contributed by atoms with van der Waals surface area (Å²) in [6.07, 6.45) is -1.94. The van der Waals surface area contributed by atoms with Crippen molar-refractivity contribution in [3.63, 3.8) is 0 Å². The van der Waals surface area contributed by atoms with E-state index in [2.05, 4.69) is 9.72 Å². The fraction of sp³-hybridized carbons (Fsp3) is 0.158. The molecule has 3 rings (SSSR count). The van der Waals surface area contributed by atoms with Crippen molar-refractivity contribution in [3.8, 4) is 5.75 Å². The van der Waals surface area contributed by atoms with Crippen LogP contribution in [-0.2, 0) is 11.3 Å². The van der Waals surface area contributed by atoms with Gasteiger partial charge in [0.2, 0.25) is 11.8 Å². The third kappa shape index (κ3) is 5.10. The van der Waals surface area contributed by atoms with Crippen LogP contribution in [0.2, 0.25) is 0 Å². The zero-order valence-corrected chi connectivity index (χ0v) is 14.2. The largest absolute Gasteiger partial charge is 0.573 e. The van der Waals surface area contributed by atoms with Crippen molar-refractivity contribution in [2.75, 3.05) is 7.05 Å². The molecule has 0 radical (unpaired) electrons. The summed E-state index contributed by atoms with van der Waals surface area (Å²) in [6, 6.07) is 12.6. The molecule has 5 nitrogen and oxygen atoms in total. The minimum absolute atomic E-state index is 0.225. The van der Waals surface area contributed by atoms with Gasteiger partial charge in [0.25, 0.3) is 0 Å². The Kier molecular flexibility index (Phi) is 5.16. The molecule has 0 bridgehead atoms. The van der Waals surface area contributed by atoms with Crippen molar-refractivity contribution in [2.24, 2.45) is 0 Å². The Labute approximate surface area is 152 Å². The number of hydrogen-bond donors (Lipinski definition) is 0. The molecule has 1 heterocycles. The van der Waals surface area contributed by atoms with Gasteiger partial charge in [0, 0.05) is 25.7 Å². The van der Waals surface area contributed by atoms with Gasteiger partial charge in [-0.2, -0.15) is 0 Å². The number of oxazole rings is 1. The second-order valence-corrected chi connectivity index (χ2v) is 5.74. The average Bonchev–Trinajstić information content (AvgIpc) is 3.03. The molecule has 1 aromatic heterocycles. The lowest BCUT2D eigenvalue weighted by atomic mass is 10.2. The number of para-hydroxylation sites is 2. The molecule has 0 fully saturated rings. The third-order valence-corrected chi connectivity index (χ3v) is 3.63. The van der Waals surface area contributed by atoms with Crippen LogP contribution in [0, 0.1) is 0 Å². The second-order valence-electron chi connectivity index (χ2n) is 5.74. The third-order valence-electron chi connectivity index (χ3n) is 3.63. The van der Waals surface area contributed by atoms with Gasteiger partial charge in [0.05, 0.1) is 0 Å². The number of halogens is 3. The molecule has 0 N–H and O–H groups in total. The number of carbonyl (C=O) groups is 1. The lowest BCUT2D eigenvalue weighted by molar-refractivity contribution is -0.274. The van der Waals surface area contributed by atoms with Gasteiger partial charge in [-0.15, -0.1) is 13.2 Å². The van der Waals surface area contributed by atoms with Crippen molar-refractivity contribution in [1.82, 2.24) is 9.88 Å². The standard InChI is InChI=1S/C19H15F3N2O3/c1-24(12-13-6-8-14(9-7-13)27-19(20,21)22)18(25)11-10-17-23-15-4-2-3-5-16(15)26-17/h2-11H,12H2,1H3/b11-10+. The van der Waals surface area contributed by atoms with Crippen molar-refractivity contribution in [1.29, 1.82) is 0 Å². The summed E-state index contributed by atoms with van der Waals surface area (Å²) in [5, 5.41) is 0. The first-order chi connectivity index (χ1) is 12.8. The topological polar surface area (TPSA) is 55.6 Å². The van der Waals surface area contributed by atoms with Gasteiger partial charge >= 0.3 is 6.36 Å². The molecule has 8 heteroatoms. The van der Waals surface area contributed by atoms with Crippen molar-refractivity contribution in [3.05, 3.63) is 66.1 Å². The molecule has 2 aromatic carbocycles. The quantitative estimate of drug-likeness (QED) is 0.620. The van der Waals surface area contributed by atoms with Gasteiger partial charge in [-0.05, 0) is 29.8 Å². The Morgan fingerprint density at radius 3 is 2.56 bits per heavy atom. The van der Waals surface area contributed by atoms with E-state index in [0.29, 0.717) is 22.6 Å². The van der Waals surface area contributed by atoms with Crippen LogP contribution in [0.5, 0.6) is 5.75 Å². The molecule has 1 amide bonds. The molecular weight excluding hydrogens is 361 g/mol. The maximum absolute atomic E-state index is 12.2. The maximum atomic E-state index is 12.2. The van der Waals surface area contributed by atoms with Crippen LogP contribution in [0.1, 0.15) is 11.5 Å². The molecule has 140 valence electrons. The molecule has 0 atom stereocenters. The Hall–Kier alpha value is -3.29. The number of carbonyl (C=O) groups excluding carboxylic acids is 1. The number of aromatic nitrogens is 1. The van der Waals surface area contributed by atoms with Crippen LogP contribution in [0.15, 0.2) is 59.0 Å². The van der Waals surface area contributed by atoms with E-state index in [0.717, 1.165) is 0 Å². The average molecular weight is 376 g/mol. The summed E-state index contributed by atoms with van der Waals surface area (Å²) < 4.78 is 45.8. The second kappa shape index (κ2) is 7.53. The first kappa shape index (κ1) is 18.5. The molecular formula is C19H15F3N2O3. The van der Waals surface area contributed by atoms with Gasteiger partial charge in [0.15, 0.2) is 5.58 Å². The lowest BCUT2D eigenvalue weighted by Crippen LogP contribution is -2.24. The fourth-order valence-electron chi connectivity index (χ4n) is 2.38. The lowest BCUT2D eigenvalue weighted by Gasteiger charge is -2.15. The van der Waals surface area contributed by atoms with E-state index in [1.807, 2.05) is 12.1 Å². The molecule has 0 saturated carbocycles. The van der Waals surface area contributed by atoms with Crippen LogP contribution in [0.3, 0.4) is 0 Å². The smallest absolute Gasteiger partial charge is 0.437 e. The highest BCUT2D eigenvalue weighted by Gasteiger charge is 2.30. The van der Waals surface area contributed by atoms with Crippen LogP contribution in [-0.4, -0.2) is 29.2 Å². The SMILES string of the molecule is CN(Cc1ccc(OC(F)(F)F)cc1)C(=O)/C=C/c1nc2ccccc2o1. The number of nitrogens with zero attached hydrogens (tertiary/aromatic N) is 2. The van der Waals surface area contributed by atoms with Crippen LogP contribution in [0.25, 0.3) is 17.2 Å². The number of ether oxygens (including phenoxy) is 1. The summed E-state index contributed by atoms with van der Waals surface area (Å²) in [5.74, 6) is -0.296. The van der Waals surface area contributed by atoms with E-state index in [4.69, 9.17) is 4.42 Å². The minimum Gasteiger partial charge on any atom is -0.437 e. The van der Waals surface area contributed by atoms with Gasteiger partial charge in [-0.3, -0.25) is 4.79 Å². The zero-order chi connectivity index (χ0) is 19.4. The molecule has 0 unspecified atom stereocenters. The highest BCUT2D eigenvalue weighted by molar-refractivity contribution is 5.91. The Morgan fingerprint density at radius 1 is 1.19 bits per heavy atom. The predicted molar refractivity (Wildman–Crippen MR) is 92.6 cm³/mol. The molecule has 3 aromatic rings. The molecule has 0 saturated heterocycles. The van der Waals surface area contributed by atoms with E-state index in [9.17, 15) is 18.0 Å². The molecule has 0 aliphatic rings. The Bertz CT molecular complexity index is 929. The molecule has 0 aliphatic heterocycles. The first-order valence-electron chi connectivity index (χ1n) is 7.93. The van der Waals surface area contributed by atoms with Crippen LogP contribution in [0.4, 0.5) is 13.2 Å². The highest BCUT2D eigenvalue weighted by atomic mass is 19.4. The van der Waals surface area contributed by atoms with Gasteiger partial charge < -0.3 is 14.1 Å². The number of hydrogen-bond acceptors (Lipinski definition) is 4.